The molecule has 1 saturated heterocycles. The second-order valence-corrected chi connectivity index (χ2v) is 11.1. The standard InChI is InChI=1S/C29H30ClN5O3S/c1-18(2)26-24(15-31-35(26)29-32-25(17-39-29)20-5-9-22(30)10-6-20)28(37)33-13-14-34(19(3)16-33)27(36)21-7-11-23(38-4)12-8-21/h5-12,15,17-19H,13-14,16H2,1-4H3. The van der Waals surface area contributed by atoms with Gasteiger partial charge in [-0.3, -0.25) is 9.59 Å². The van der Waals surface area contributed by atoms with Gasteiger partial charge in [0.05, 0.1) is 30.3 Å². The molecular formula is C29H30ClN5O3S. The lowest BCUT2D eigenvalue weighted by Crippen LogP contribution is -2.55. The van der Waals surface area contributed by atoms with E-state index in [4.69, 9.17) is 21.3 Å². The lowest BCUT2D eigenvalue weighted by molar-refractivity contribution is 0.0413. The van der Waals surface area contributed by atoms with E-state index in [-0.39, 0.29) is 23.8 Å². The number of halogens is 1. The Morgan fingerprint density at radius 1 is 1.05 bits per heavy atom. The first-order valence-corrected chi connectivity index (χ1v) is 14.1. The number of benzene rings is 2. The van der Waals surface area contributed by atoms with Gasteiger partial charge in [-0.1, -0.05) is 37.6 Å². The summed E-state index contributed by atoms with van der Waals surface area (Å²) in [5, 5.41) is 7.93. The topological polar surface area (TPSA) is 80.6 Å². The highest BCUT2D eigenvalue weighted by atomic mass is 35.5. The van der Waals surface area contributed by atoms with Crippen molar-refractivity contribution in [2.75, 3.05) is 26.7 Å². The molecule has 4 aromatic rings. The summed E-state index contributed by atoms with van der Waals surface area (Å²) in [5.74, 6) is 0.621. The van der Waals surface area contributed by atoms with Gasteiger partial charge in [-0.25, -0.2) is 9.67 Å². The number of amides is 2. The second kappa shape index (κ2) is 11.2. The number of nitrogens with zero attached hydrogens (tertiary/aromatic N) is 5. The molecule has 1 unspecified atom stereocenters. The molecule has 1 fully saturated rings. The Labute approximate surface area is 236 Å². The van der Waals surface area contributed by atoms with Crippen LogP contribution in [0.15, 0.2) is 60.1 Å². The Hall–Kier alpha value is -3.69. The van der Waals surface area contributed by atoms with Crippen molar-refractivity contribution >= 4 is 34.8 Å². The number of hydrogen-bond acceptors (Lipinski definition) is 6. The van der Waals surface area contributed by atoms with Gasteiger partial charge in [-0.2, -0.15) is 5.10 Å². The van der Waals surface area contributed by atoms with Gasteiger partial charge in [0.2, 0.25) is 5.13 Å². The number of hydrogen-bond donors (Lipinski definition) is 0. The monoisotopic (exact) mass is 563 g/mol. The highest BCUT2D eigenvalue weighted by molar-refractivity contribution is 7.12. The molecule has 10 heteroatoms. The minimum absolute atomic E-state index is 0.0460. The number of aromatic nitrogens is 3. The second-order valence-electron chi connectivity index (χ2n) is 9.86. The first-order valence-electron chi connectivity index (χ1n) is 12.8. The largest absolute Gasteiger partial charge is 0.497 e. The van der Waals surface area contributed by atoms with Crippen LogP contribution in [0.1, 0.15) is 53.1 Å². The van der Waals surface area contributed by atoms with Crippen molar-refractivity contribution in [2.24, 2.45) is 0 Å². The summed E-state index contributed by atoms with van der Waals surface area (Å²) in [6.07, 6.45) is 1.64. The summed E-state index contributed by atoms with van der Waals surface area (Å²) in [7, 11) is 1.60. The van der Waals surface area contributed by atoms with E-state index in [1.165, 1.54) is 11.3 Å². The van der Waals surface area contributed by atoms with E-state index in [0.717, 1.165) is 17.0 Å². The molecule has 1 atom stereocenters. The number of piperazine rings is 1. The van der Waals surface area contributed by atoms with Gasteiger partial charge in [-0.15, -0.1) is 11.3 Å². The van der Waals surface area contributed by atoms with Crippen LogP contribution in [0.2, 0.25) is 5.02 Å². The molecule has 0 spiro atoms. The van der Waals surface area contributed by atoms with E-state index in [1.807, 2.05) is 60.2 Å². The Balaban J connectivity index is 1.33. The van der Waals surface area contributed by atoms with Gasteiger partial charge >= 0.3 is 0 Å². The van der Waals surface area contributed by atoms with Gasteiger partial charge in [0.1, 0.15) is 5.75 Å². The van der Waals surface area contributed by atoms with E-state index in [2.05, 4.69) is 5.10 Å². The van der Waals surface area contributed by atoms with Crippen molar-refractivity contribution in [2.45, 2.75) is 32.7 Å². The van der Waals surface area contributed by atoms with Gasteiger partial charge in [0.25, 0.3) is 11.8 Å². The van der Waals surface area contributed by atoms with E-state index in [0.29, 0.717) is 46.7 Å². The molecule has 2 amide bonds. The molecule has 1 aliphatic heterocycles. The Kier molecular flexibility index (Phi) is 7.72. The maximum absolute atomic E-state index is 13.7. The quantitative estimate of drug-likeness (QED) is 0.297. The number of ether oxygens (including phenoxy) is 1. The molecule has 0 radical (unpaired) electrons. The summed E-state index contributed by atoms with van der Waals surface area (Å²) >= 11 is 7.51. The summed E-state index contributed by atoms with van der Waals surface area (Å²) < 4.78 is 6.97. The fourth-order valence-corrected chi connectivity index (χ4v) is 5.79. The molecule has 202 valence electrons. The molecule has 39 heavy (non-hydrogen) atoms. The third kappa shape index (κ3) is 5.42. The third-order valence-electron chi connectivity index (χ3n) is 6.91. The molecule has 3 heterocycles. The van der Waals surface area contributed by atoms with Crippen molar-refractivity contribution in [1.82, 2.24) is 24.6 Å². The molecule has 0 N–H and O–H groups in total. The Morgan fingerprint density at radius 3 is 2.41 bits per heavy atom. The van der Waals surface area contributed by atoms with Gasteiger partial charge in [0.15, 0.2) is 0 Å². The number of carbonyl (C=O) groups is 2. The fourth-order valence-electron chi connectivity index (χ4n) is 4.86. The minimum Gasteiger partial charge on any atom is -0.497 e. The number of methoxy groups -OCH3 is 1. The van der Waals surface area contributed by atoms with Gasteiger partial charge in [-0.05, 0) is 49.2 Å². The molecule has 2 aromatic carbocycles. The molecule has 0 aliphatic carbocycles. The smallest absolute Gasteiger partial charge is 0.257 e. The van der Waals surface area contributed by atoms with Crippen LogP contribution in [0, 0.1) is 0 Å². The first kappa shape index (κ1) is 26.9. The highest BCUT2D eigenvalue weighted by Gasteiger charge is 2.33. The summed E-state index contributed by atoms with van der Waals surface area (Å²) in [4.78, 5) is 35.3. The van der Waals surface area contributed by atoms with Crippen LogP contribution in [0.5, 0.6) is 5.75 Å². The molecule has 5 rings (SSSR count). The Morgan fingerprint density at radius 2 is 1.77 bits per heavy atom. The zero-order valence-electron chi connectivity index (χ0n) is 22.3. The average Bonchev–Trinajstić information content (AvgIpc) is 3.61. The maximum Gasteiger partial charge on any atom is 0.257 e. The van der Waals surface area contributed by atoms with Crippen LogP contribution in [-0.2, 0) is 0 Å². The molecule has 8 nitrogen and oxygen atoms in total. The normalized spacial score (nSPS) is 15.6. The van der Waals surface area contributed by atoms with Gasteiger partial charge < -0.3 is 14.5 Å². The van der Waals surface area contributed by atoms with Gasteiger partial charge in [0, 0.05) is 47.2 Å². The van der Waals surface area contributed by atoms with Crippen LogP contribution < -0.4 is 4.74 Å². The fraction of sp³-hybridized carbons (Fsp3) is 0.310. The zero-order valence-corrected chi connectivity index (χ0v) is 23.9. The van der Waals surface area contributed by atoms with Crippen LogP contribution in [0.4, 0.5) is 0 Å². The van der Waals surface area contributed by atoms with E-state index < -0.39 is 0 Å². The lowest BCUT2D eigenvalue weighted by Gasteiger charge is -2.40. The summed E-state index contributed by atoms with van der Waals surface area (Å²) in [6, 6.07) is 14.5. The molecular weight excluding hydrogens is 534 g/mol. The molecule has 0 bridgehead atoms. The SMILES string of the molecule is COc1ccc(C(=O)N2CCN(C(=O)c3cnn(-c4nc(-c5ccc(Cl)cc5)cs4)c3C(C)C)CC2C)cc1. The van der Waals surface area contributed by atoms with Crippen molar-refractivity contribution < 1.29 is 14.3 Å². The van der Waals surface area contributed by atoms with E-state index >= 15 is 0 Å². The molecule has 0 saturated carbocycles. The average molecular weight is 564 g/mol. The molecule has 2 aromatic heterocycles. The summed E-state index contributed by atoms with van der Waals surface area (Å²) in [6.45, 7) is 7.42. The maximum atomic E-state index is 13.7. The van der Waals surface area contributed by atoms with Crippen LogP contribution in [-0.4, -0.2) is 69.2 Å². The van der Waals surface area contributed by atoms with Crippen molar-refractivity contribution in [1.29, 1.82) is 0 Å². The predicted octanol–water partition coefficient (Wildman–Crippen LogP) is 5.77. The lowest BCUT2D eigenvalue weighted by atomic mass is 10.0. The van der Waals surface area contributed by atoms with E-state index in [1.54, 1.807) is 42.3 Å². The van der Waals surface area contributed by atoms with Crippen LogP contribution in [0.3, 0.4) is 0 Å². The van der Waals surface area contributed by atoms with Crippen LogP contribution in [0.25, 0.3) is 16.4 Å². The van der Waals surface area contributed by atoms with Crippen LogP contribution >= 0.6 is 22.9 Å². The van der Waals surface area contributed by atoms with Crippen molar-refractivity contribution in [3.8, 4) is 22.1 Å². The van der Waals surface area contributed by atoms with E-state index in [9.17, 15) is 9.59 Å². The zero-order chi connectivity index (χ0) is 27.7. The number of thiazole rings is 1. The minimum atomic E-state index is -0.129. The Bertz CT molecular complexity index is 1480. The summed E-state index contributed by atoms with van der Waals surface area (Å²) in [5.41, 5.74) is 3.78. The first-order chi connectivity index (χ1) is 18.8. The van der Waals surface area contributed by atoms with Crippen molar-refractivity contribution in [3.63, 3.8) is 0 Å². The number of carbonyl (C=O) groups excluding carboxylic acids is 2. The molecule has 1 aliphatic rings. The highest BCUT2D eigenvalue weighted by Crippen LogP contribution is 2.30. The third-order valence-corrected chi connectivity index (χ3v) is 7.98. The van der Waals surface area contributed by atoms with Crippen molar-refractivity contribution in [3.05, 3.63) is 82.0 Å². The number of rotatable bonds is 6. The predicted molar refractivity (Wildman–Crippen MR) is 153 cm³/mol.